The molecule has 0 bridgehead atoms. The third kappa shape index (κ3) is 4.59. The molecule has 0 radical (unpaired) electrons. The summed E-state index contributed by atoms with van der Waals surface area (Å²) in [6, 6.07) is 15.7. The maximum atomic E-state index is 11.8. The van der Waals surface area contributed by atoms with E-state index < -0.39 is 4.92 Å². The summed E-state index contributed by atoms with van der Waals surface area (Å²) in [5.41, 5.74) is 1.27. The van der Waals surface area contributed by atoms with Gasteiger partial charge >= 0.3 is 0 Å². The minimum absolute atomic E-state index is 0.0382. The molecule has 2 N–H and O–H groups in total. The molecule has 0 spiro atoms. The van der Waals surface area contributed by atoms with Gasteiger partial charge in [0.15, 0.2) is 0 Å². The number of anilines is 2. The Morgan fingerprint density at radius 2 is 1.73 bits per heavy atom. The van der Waals surface area contributed by atoms with Gasteiger partial charge < -0.3 is 10.6 Å². The van der Waals surface area contributed by atoms with Gasteiger partial charge in [0, 0.05) is 24.7 Å². The molecule has 0 aromatic heterocycles. The number of hydrogen-bond acceptors (Lipinski definition) is 4. The van der Waals surface area contributed by atoms with E-state index in [9.17, 15) is 14.9 Å². The van der Waals surface area contributed by atoms with Crippen LogP contribution in [0.5, 0.6) is 0 Å². The van der Waals surface area contributed by atoms with Gasteiger partial charge in [-0.2, -0.15) is 0 Å². The van der Waals surface area contributed by atoms with Crippen molar-refractivity contribution in [2.24, 2.45) is 0 Å². The molecule has 0 saturated carbocycles. The summed E-state index contributed by atoms with van der Waals surface area (Å²) in [7, 11) is 0. The Morgan fingerprint density at radius 1 is 1.05 bits per heavy atom. The first-order valence-corrected chi connectivity index (χ1v) is 6.99. The second-order valence-corrected chi connectivity index (χ2v) is 4.72. The Bertz CT molecular complexity index is 644. The number of nitrogens with zero attached hydrogens (tertiary/aromatic N) is 1. The van der Waals surface area contributed by atoms with Crippen LogP contribution in [-0.4, -0.2) is 17.4 Å². The standard InChI is InChI=1S/C16H17N3O3/c20-16(18-13-7-2-1-3-8-13)11-6-12-17-14-9-4-5-10-15(14)19(21)22/h1-5,7-10,17H,6,11-12H2,(H,18,20). The molecule has 114 valence electrons. The first-order chi connectivity index (χ1) is 10.7. The first kappa shape index (κ1) is 15.5. The van der Waals surface area contributed by atoms with E-state index >= 15 is 0 Å². The van der Waals surface area contributed by atoms with Crippen LogP contribution < -0.4 is 10.6 Å². The normalized spacial score (nSPS) is 10.0. The molecule has 0 atom stereocenters. The van der Waals surface area contributed by atoms with Crippen molar-refractivity contribution in [2.75, 3.05) is 17.2 Å². The zero-order valence-corrected chi connectivity index (χ0v) is 12.0. The molecule has 0 aliphatic heterocycles. The van der Waals surface area contributed by atoms with Crippen LogP contribution in [0.1, 0.15) is 12.8 Å². The monoisotopic (exact) mass is 299 g/mol. The fraction of sp³-hybridized carbons (Fsp3) is 0.188. The summed E-state index contributed by atoms with van der Waals surface area (Å²) in [6.45, 7) is 0.493. The van der Waals surface area contributed by atoms with Crippen LogP contribution in [0.2, 0.25) is 0 Å². The van der Waals surface area contributed by atoms with Crippen molar-refractivity contribution in [3.8, 4) is 0 Å². The van der Waals surface area contributed by atoms with Gasteiger partial charge in [0.2, 0.25) is 5.91 Å². The summed E-state index contributed by atoms with van der Waals surface area (Å²) < 4.78 is 0. The predicted octanol–water partition coefficient (Wildman–Crippen LogP) is 3.43. The highest BCUT2D eigenvalue weighted by atomic mass is 16.6. The van der Waals surface area contributed by atoms with Crippen molar-refractivity contribution in [3.63, 3.8) is 0 Å². The molecule has 6 heteroatoms. The smallest absolute Gasteiger partial charge is 0.292 e. The molecule has 0 heterocycles. The summed E-state index contributed by atoms with van der Waals surface area (Å²) in [5, 5.41) is 16.7. The number of carbonyl (C=O) groups is 1. The molecule has 0 aliphatic carbocycles. The first-order valence-electron chi connectivity index (χ1n) is 6.99. The van der Waals surface area contributed by atoms with Gasteiger partial charge in [-0.15, -0.1) is 0 Å². The molecule has 6 nitrogen and oxygen atoms in total. The van der Waals surface area contributed by atoms with Crippen molar-refractivity contribution in [3.05, 3.63) is 64.7 Å². The summed E-state index contributed by atoms with van der Waals surface area (Å²) in [5.74, 6) is -0.0736. The highest BCUT2D eigenvalue weighted by Gasteiger charge is 2.11. The number of amides is 1. The largest absolute Gasteiger partial charge is 0.379 e. The van der Waals surface area contributed by atoms with Gasteiger partial charge in [0.1, 0.15) is 5.69 Å². The Hall–Kier alpha value is -2.89. The lowest BCUT2D eigenvalue weighted by atomic mass is 10.2. The maximum absolute atomic E-state index is 11.8. The Kier molecular flexibility index (Phi) is 5.48. The van der Waals surface area contributed by atoms with Crippen LogP contribution in [0.3, 0.4) is 0 Å². The second-order valence-electron chi connectivity index (χ2n) is 4.72. The van der Waals surface area contributed by atoms with Crippen LogP contribution in [0.4, 0.5) is 17.1 Å². The number of rotatable bonds is 7. The Morgan fingerprint density at radius 3 is 2.45 bits per heavy atom. The van der Waals surface area contributed by atoms with Crippen molar-refractivity contribution < 1.29 is 9.72 Å². The lowest BCUT2D eigenvalue weighted by Crippen LogP contribution is -2.13. The number of carbonyl (C=O) groups excluding carboxylic acids is 1. The topological polar surface area (TPSA) is 84.3 Å². The van der Waals surface area contributed by atoms with E-state index in [-0.39, 0.29) is 11.6 Å². The lowest BCUT2D eigenvalue weighted by molar-refractivity contribution is -0.384. The van der Waals surface area contributed by atoms with Crippen LogP contribution in [-0.2, 0) is 4.79 Å². The molecule has 0 unspecified atom stereocenters. The number of hydrogen-bond donors (Lipinski definition) is 2. The van der Waals surface area contributed by atoms with Crippen molar-refractivity contribution in [2.45, 2.75) is 12.8 Å². The van der Waals surface area contributed by atoms with Gasteiger partial charge in [-0.3, -0.25) is 14.9 Å². The molecule has 0 aliphatic rings. The van der Waals surface area contributed by atoms with Gasteiger partial charge in [-0.1, -0.05) is 30.3 Å². The van der Waals surface area contributed by atoms with Gasteiger partial charge in [0.05, 0.1) is 4.92 Å². The van der Waals surface area contributed by atoms with Crippen molar-refractivity contribution >= 4 is 23.0 Å². The fourth-order valence-electron chi connectivity index (χ4n) is 2.00. The highest BCUT2D eigenvalue weighted by molar-refractivity contribution is 5.90. The highest BCUT2D eigenvalue weighted by Crippen LogP contribution is 2.22. The molecule has 0 saturated heterocycles. The zero-order chi connectivity index (χ0) is 15.8. The zero-order valence-electron chi connectivity index (χ0n) is 12.0. The minimum atomic E-state index is -0.426. The van der Waals surface area contributed by atoms with Crippen LogP contribution in [0, 0.1) is 10.1 Å². The quantitative estimate of drug-likeness (QED) is 0.466. The summed E-state index contributed by atoms with van der Waals surface area (Å²) in [6.07, 6.45) is 0.938. The average Bonchev–Trinajstić information content (AvgIpc) is 2.53. The third-order valence-corrected chi connectivity index (χ3v) is 3.05. The van der Waals surface area contributed by atoms with E-state index in [1.165, 1.54) is 6.07 Å². The van der Waals surface area contributed by atoms with E-state index in [2.05, 4.69) is 10.6 Å². The summed E-state index contributed by atoms with van der Waals surface area (Å²) in [4.78, 5) is 22.2. The van der Waals surface area contributed by atoms with E-state index in [0.717, 1.165) is 5.69 Å². The van der Waals surface area contributed by atoms with Gasteiger partial charge in [-0.25, -0.2) is 0 Å². The van der Waals surface area contributed by atoms with Crippen LogP contribution >= 0.6 is 0 Å². The summed E-state index contributed by atoms with van der Waals surface area (Å²) >= 11 is 0. The number of para-hydroxylation sites is 3. The van der Waals surface area contributed by atoms with Gasteiger partial charge in [0.25, 0.3) is 5.69 Å². The molecule has 2 rings (SSSR count). The van der Waals surface area contributed by atoms with E-state index in [1.54, 1.807) is 18.2 Å². The lowest BCUT2D eigenvalue weighted by Gasteiger charge is -2.07. The Balaban J connectivity index is 1.75. The van der Waals surface area contributed by atoms with E-state index in [4.69, 9.17) is 0 Å². The minimum Gasteiger partial charge on any atom is -0.379 e. The van der Waals surface area contributed by atoms with Crippen molar-refractivity contribution in [1.29, 1.82) is 0 Å². The molecule has 2 aromatic rings. The number of nitro benzene ring substituents is 1. The number of benzene rings is 2. The van der Waals surface area contributed by atoms with E-state index in [0.29, 0.717) is 25.1 Å². The van der Waals surface area contributed by atoms with Crippen LogP contribution in [0.15, 0.2) is 54.6 Å². The molecule has 1 amide bonds. The predicted molar refractivity (Wildman–Crippen MR) is 85.9 cm³/mol. The Labute approximate surface area is 128 Å². The molecular weight excluding hydrogens is 282 g/mol. The maximum Gasteiger partial charge on any atom is 0.292 e. The number of nitrogens with one attached hydrogen (secondary N) is 2. The molecule has 2 aromatic carbocycles. The second kappa shape index (κ2) is 7.78. The van der Waals surface area contributed by atoms with Crippen molar-refractivity contribution in [1.82, 2.24) is 0 Å². The van der Waals surface area contributed by atoms with Crippen LogP contribution in [0.25, 0.3) is 0 Å². The number of nitro groups is 1. The molecule has 0 fully saturated rings. The molecular formula is C16H17N3O3. The van der Waals surface area contributed by atoms with Gasteiger partial charge in [-0.05, 0) is 24.6 Å². The van der Waals surface area contributed by atoms with E-state index in [1.807, 2.05) is 30.3 Å². The molecule has 22 heavy (non-hydrogen) atoms. The SMILES string of the molecule is O=C(CCCNc1ccccc1[N+](=O)[O-])Nc1ccccc1. The fourth-order valence-corrected chi connectivity index (χ4v) is 2.00. The average molecular weight is 299 g/mol. The third-order valence-electron chi connectivity index (χ3n) is 3.05.